The van der Waals surface area contributed by atoms with Gasteiger partial charge < -0.3 is 4.52 Å². The van der Waals surface area contributed by atoms with Crippen LogP contribution in [0.5, 0.6) is 0 Å². The Kier molecular flexibility index (Phi) is 4.36. The molecule has 0 spiro atoms. The number of hydrogen-bond donors (Lipinski definition) is 0. The van der Waals surface area contributed by atoms with Gasteiger partial charge in [-0.3, -0.25) is 0 Å². The minimum atomic E-state index is -3.87. The molecule has 0 aliphatic rings. The summed E-state index contributed by atoms with van der Waals surface area (Å²) in [6, 6.07) is 3.19. The molecule has 0 fully saturated rings. The Morgan fingerprint density at radius 1 is 1.45 bits per heavy atom. The van der Waals surface area contributed by atoms with Crippen LogP contribution in [0.3, 0.4) is 0 Å². The van der Waals surface area contributed by atoms with Crippen molar-refractivity contribution in [1.29, 1.82) is 0 Å². The van der Waals surface area contributed by atoms with Crippen molar-refractivity contribution in [3.05, 3.63) is 41.3 Å². The lowest BCUT2D eigenvalue weighted by Gasteiger charge is -2.17. The van der Waals surface area contributed by atoms with Crippen molar-refractivity contribution in [1.82, 2.24) is 14.4 Å². The van der Waals surface area contributed by atoms with Crippen molar-refractivity contribution < 1.29 is 17.3 Å². The van der Waals surface area contributed by atoms with Crippen molar-refractivity contribution in [2.75, 3.05) is 13.6 Å². The molecule has 0 N–H and O–H groups in total. The number of likely N-dealkylation sites (N-methyl/N-ethyl adjacent to an activating group) is 1. The molecule has 1 aromatic carbocycles. The van der Waals surface area contributed by atoms with Crippen LogP contribution < -0.4 is 0 Å². The Morgan fingerprint density at radius 2 is 2.20 bits per heavy atom. The van der Waals surface area contributed by atoms with Gasteiger partial charge in [0.2, 0.25) is 16.4 Å². The van der Waals surface area contributed by atoms with Crippen LogP contribution in [0.4, 0.5) is 4.39 Å². The van der Waals surface area contributed by atoms with Gasteiger partial charge in [-0.15, -0.1) is 0 Å². The first-order valence-electron chi connectivity index (χ1n) is 5.58. The molecule has 6 nitrogen and oxygen atoms in total. The first-order valence-corrected chi connectivity index (χ1v) is 7.39. The van der Waals surface area contributed by atoms with Gasteiger partial charge in [-0.2, -0.15) is 4.98 Å². The molecule has 1 aromatic heterocycles. The van der Waals surface area contributed by atoms with Gasteiger partial charge in [0.1, 0.15) is 10.7 Å². The number of rotatable bonds is 5. The average Bonchev–Trinajstić information content (AvgIpc) is 2.91. The molecular weight excluding hydrogens is 309 g/mol. The summed E-state index contributed by atoms with van der Waals surface area (Å²) in [5.41, 5.74) is 0. The summed E-state index contributed by atoms with van der Waals surface area (Å²) >= 11 is 5.81. The molecule has 0 atom stereocenters. The standard InChI is InChI=1S/C11H11ClFN3O3S/c1-16(5-4-11-14-7-19-15-11)20(17,18)10-6-8(13)2-3-9(10)12/h2-3,6-7H,4-5H2,1H3. The topological polar surface area (TPSA) is 76.3 Å². The lowest BCUT2D eigenvalue weighted by Crippen LogP contribution is -2.29. The van der Waals surface area contributed by atoms with E-state index in [2.05, 4.69) is 14.7 Å². The van der Waals surface area contributed by atoms with Gasteiger partial charge in [-0.1, -0.05) is 16.8 Å². The van der Waals surface area contributed by atoms with Gasteiger partial charge in [0.25, 0.3) is 0 Å². The summed E-state index contributed by atoms with van der Waals surface area (Å²) < 4.78 is 43.3. The summed E-state index contributed by atoms with van der Waals surface area (Å²) in [6.07, 6.45) is 1.44. The number of benzene rings is 1. The second-order valence-corrected chi connectivity index (χ2v) is 6.42. The van der Waals surface area contributed by atoms with Gasteiger partial charge >= 0.3 is 0 Å². The average molecular weight is 320 g/mol. The number of halogens is 2. The van der Waals surface area contributed by atoms with E-state index in [1.54, 1.807) is 0 Å². The highest BCUT2D eigenvalue weighted by molar-refractivity contribution is 7.89. The van der Waals surface area contributed by atoms with E-state index in [0.717, 1.165) is 22.8 Å². The lowest BCUT2D eigenvalue weighted by molar-refractivity contribution is 0.404. The molecule has 9 heteroatoms. The molecular formula is C11H11ClFN3O3S. The van der Waals surface area contributed by atoms with Gasteiger partial charge in [0.15, 0.2) is 5.82 Å². The van der Waals surface area contributed by atoms with E-state index in [1.807, 2.05) is 0 Å². The first-order chi connectivity index (χ1) is 9.41. The maximum absolute atomic E-state index is 13.2. The van der Waals surface area contributed by atoms with E-state index in [-0.39, 0.29) is 22.9 Å². The molecule has 0 saturated heterocycles. The molecule has 1 heterocycles. The molecule has 0 bridgehead atoms. The van der Waals surface area contributed by atoms with Crippen LogP contribution in [-0.2, 0) is 16.4 Å². The molecule has 2 aromatic rings. The van der Waals surface area contributed by atoms with Gasteiger partial charge in [0, 0.05) is 20.0 Å². The van der Waals surface area contributed by atoms with Gasteiger partial charge in [-0.25, -0.2) is 17.1 Å². The Bertz CT molecular complexity index is 691. The number of nitrogens with zero attached hydrogens (tertiary/aromatic N) is 3. The number of aromatic nitrogens is 2. The van der Waals surface area contributed by atoms with Crippen LogP contribution in [0.2, 0.25) is 5.02 Å². The zero-order valence-corrected chi connectivity index (χ0v) is 12.0. The van der Waals surface area contributed by atoms with E-state index in [0.29, 0.717) is 5.82 Å². The number of hydrogen-bond acceptors (Lipinski definition) is 5. The fraction of sp³-hybridized carbons (Fsp3) is 0.273. The van der Waals surface area contributed by atoms with Crippen molar-refractivity contribution in [3.63, 3.8) is 0 Å². The van der Waals surface area contributed by atoms with Crippen LogP contribution in [0.25, 0.3) is 0 Å². The predicted octanol–water partition coefficient (Wildman–Crippen LogP) is 1.73. The lowest BCUT2D eigenvalue weighted by atomic mass is 10.3. The zero-order chi connectivity index (χ0) is 14.8. The Morgan fingerprint density at radius 3 is 2.85 bits per heavy atom. The quantitative estimate of drug-likeness (QED) is 0.838. The van der Waals surface area contributed by atoms with E-state index < -0.39 is 15.8 Å². The van der Waals surface area contributed by atoms with Crippen LogP contribution >= 0.6 is 11.6 Å². The highest BCUT2D eigenvalue weighted by atomic mass is 35.5. The van der Waals surface area contributed by atoms with Crippen LogP contribution in [-0.4, -0.2) is 36.5 Å². The molecule has 0 aliphatic carbocycles. The third kappa shape index (κ3) is 3.14. The Hall–Kier alpha value is -1.51. The van der Waals surface area contributed by atoms with Crippen LogP contribution in [0, 0.1) is 5.82 Å². The highest BCUT2D eigenvalue weighted by Gasteiger charge is 2.24. The first kappa shape index (κ1) is 14.9. The maximum atomic E-state index is 13.2. The van der Waals surface area contributed by atoms with Crippen molar-refractivity contribution in [2.45, 2.75) is 11.3 Å². The van der Waals surface area contributed by atoms with Crippen molar-refractivity contribution >= 4 is 21.6 Å². The van der Waals surface area contributed by atoms with Crippen molar-refractivity contribution in [2.24, 2.45) is 0 Å². The SMILES string of the molecule is CN(CCc1ncon1)S(=O)(=O)c1cc(F)ccc1Cl. The maximum Gasteiger partial charge on any atom is 0.244 e. The Labute approximate surface area is 120 Å². The third-order valence-corrected chi connectivity index (χ3v) is 4.98. The monoisotopic (exact) mass is 319 g/mol. The summed E-state index contributed by atoms with van der Waals surface area (Å²) in [4.78, 5) is 3.52. The summed E-state index contributed by atoms with van der Waals surface area (Å²) in [5, 5.41) is 3.55. The molecule has 0 unspecified atom stereocenters. The van der Waals surface area contributed by atoms with E-state index >= 15 is 0 Å². The second-order valence-electron chi connectivity index (χ2n) is 4.00. The number of sulfonamides is 1. The normalized spacial score (nSPS) is 12.0. The highest BCUT2D eigenvalue weighted by Crippen LogP contribution is 2.24. The molecule has 0 saturated carbocycles. The molecule has 20 heavy (non-hydrogen) atoms. The van der Waals surface area contributed by atoms with Crippen LogP contribution in [0.1, 0.15) is 5.82 Å². The largest absolute Gasteiger partial charge is 0.343 e. The minimum Gasteiger partial charge on any atom is -0.343 e. The minimum absolute atomic E-state index is 0.0298. The van der Waals surface area contributed by atoms with Crippen LogP contribution in [0.15, 0.2) is 34.0 Å². The molecule has 0 radical (unpaired) electrons. The fourth-order valence-corrected chi connectivity index (χ4v) is 3.18. The van der Waals surface area contributed by atoms with Gasteiger partial charge in [0.05, 0.1) is 5.02 Å². The third-order valence-electron chi connectivity index (χ3n) is 2.64. The summed E-state index contributed by atoms with van der Waals surface area (Å²) in [5.74, 6) is -0.281. The van der Waals surface area contributed by atoms with E-state index in [4.69, 9.17) is 11.6 Å². The van der Waals surface area contributed by atoms with Gasteiger partial charge in [-0.05, 0) is 18.2 Å². The molecule has 0 amide bonds. The molecule has 108 valence electrons. The smallest absolute Gasteiger partial charge is 0.244 e. The summed E-state index contributed by atoms with van der Waals surface area (Å²) in [6.45, 7) is 0.120. The summed E-state index contributed by atoms with van der Waals surface area (Å²) in [7, 11) is -2.50. The predicted molar refractivity (Wildman–Crippen MR) is 69.2 cm³/mol. The van der Waals surface area contributed by atoms with E-state index in [1.165, 1.54) is 13.1 Å². The second kappa shape index (κ2) is 5.86. The molecule has 2 rings (SSSR count). The zero-order valence-electron chi connectivity index (χ0n) is 10.5. The molecule has 0 aliphatic heterocycles. The van der Waals surface area contributed by atoms with E-state index in [9.17, 15) is 12.8 Å². The van der Waals surface area contributed by atoms with Crippen molar-refractivity contribution in [3.8, 4) is 0 Å². The Balaban J connectivity index is 2.18. The fourth-order valence-electron chi connectivity index (χ4n) is 1.52.